The number of carbonyl (C=O) groups excluding carboxylic acids is 1. The molecule has 0 saturated carbocycles. The molecule has 0 N–H and O–H groups in total. The third kappa shape index (κ3) is 2.88. The Morgan fingerprint density at radius 3 is 2.81 bits per heavy atom. The van der Waals surface area contributed by atoms with Crippen LogP contribution in [0.15, 0.2) is 51.1 Å². The van der Waals surface area contributed by atoms with Crippen molar-refractivity contribution in [3.05, 3.63) is 63.7 Å². The van der Waals surface area contributed by atoms with E-state index in [4.69, 9.17) is 9.26 Å². The Morgan fingerprint density at radius 2 is 2.04 bits per heavy atom. The molecule has 0 unspecified atom stereocenters. The normalized spacial score (nSPS) is 11.0. The van der Waals surface area contributed by atoms with Crippen LogP contribution in [0.2, 0.25) is 0 Å². The highest BCUT2D eigenvalue weighted by Crippen LogP contribution is 2.21. The van der Waals surface area contributed by atoms with Crippen molar-refractivity contribution in [3.8, 4) is 10.7 Å². The van der Waals surface area contributed by atoms with Crippen LogP contribution in [0.25, 0.3) is 21.5 Å². The number of nitrogens with zero attached hydrogens (tertiary/aromatic N) is 4. The first-order valence-electron chi connectivity index (χ1n) is 7.63. The van der Waals surface area contributed by atoms with Crippen LogP contribution in [0.4, 0.5) is 0 Å². The molecule has 0 spiro atoms. The first-order chi connectivity index (χ1) is 12.6. The van der Waals surface area contributed by atoms with Crippen molar-refractivity contribution in [2.75, 3.05) is 0 Å². The van der Waals surface area contributed by atoms with Crippen molar-refractivity contribution >= 4 is 28.1 Å². The van der Waals surface area contributed by atoms with E-state index in [0.717, 1.165) is 9.56 Å². The molecule has 130 valence electrons. The summed E-state index contributed by atoms with van der Waals surface area (Å²) >= 11 is 1.48. The molecule has 1 aromatic carbocycles. The molecule has 0 saturated heterocycles. The van der Waals surface area contributed by atoms with Crippen LogP contribution in [0.1, 0.15) is 16.4 Å². The highest BCUT2D eigenvalue weighted by atomic mass is 32.1. The molecule has 4 rings (SSSR count). The molecule has 0 bridgehead atoms. The Bertz CT molecular complexity index is 1150. The van der Waals surface area contributed by atoms with Gasteiger partial charge in [-0.3, -0.25) is 4.79 Å². The molecule has 0 amide bonds. The molecule has 0 aliphatic carbocycles. The summed E-state index contributed by atoms with van der Waals surface area (Å²) in [6.45, 7) is -0.184. The second-order valence-electron chi connectivity index (χ2n) is 5.39. The van der Waals surface area contributed by atoms with Crippen molar-refractivity contribution in [2.24, 2.45) is 7.05 Å². The molecule has 0 aliphatic heterocycles. The monoisotopic (exact) mass is 368 g/mol. The predicted molar refractivity (Wildman–Crippen MR) is 93.7 cm³/mol. The molecule has 3 heterocycles. The van der Waals surface area contributed by atoms with Gasteiger partial charge in [-0.2, -0.15) is 10.1 Å². The molecule has 8 nitrogen and oxygen atoms in total. The number of rotatable bonds is 4. The second-order valence-corrected chi connectivity index (χ2v) is 6.34. The number of ether oxygens (including phenoxy) is 1. The van der Waals surface area contributed by atoms with Crippen molar-refractivity contribution in [3.63, 3.8) is 0 Å². The molecular weight excluding hydrogens is 356 g/mol. The lowest BCUT2D eigenvalue weighted by molar-refractivity contribution is 0.0423. The van der Waals surface area contributed by atoms with E-state index in [0.29, 0.717) is 16.6 Å². The van der Waals surface area contributed by atoms with Crippen molar-refractivity contribution < 1.29 is 14.1 Å². The molecule has 26 heavy (non-hydrogen) atoms. The number of carbonyl (C=O) groups is 1. The Hall–Kier alpha value is -3.33. The van der Waals surface area contributed by atoms with Gasteiger partial charge in [0.15, 0.2) is 12.3 Å². The molecule has 9 heteroatoms. The molecule has 4 aromatic rings. The van der Waals surface area contributed by atoms with Gasteiger partial charge in [0.05, 0.1) is 10.3 Å². The summed E-state index contributed by atoms with van der Waals surface area (Å²) in [7, 11) is 1.48. The van der Waals surface area contributed by atoms with Gasteiger partial charge in [0.2, 0.25) is 5.82 Å². The number of hydrogen-bond acceptors (Lipinski definition) is 8. The number of benzene rings is 1. The van der Waals surface area contributed by atoms with Crippen LogP contribution in [-0.2, 0) is 18.4 Å². The van der Waals surface area contributed by atoms with E-state index < -0.39 is 5.97 Å². The van der Waals surface area contributed by atoms with Crippen LogP contribution in [0, 0.1) is 0 Å². The van der Waals surface area contributed by atoms with Crippen molar-refractivity contribution in [1.82, 2.24) is 19.9 Å². The summed E-state index contributed by atoms with van der Waals surface area (Å²) in [6.07, 6.45) is 0. The maximum atomic E-state index is 12.4. The van der Waals surface area contributed by atoms with Gasteiger partial charge < -0.3 is 9.26 Å². The number of aromatic nitrogens is 4. The third-order valence-corrected chi connectivity index (χ3v) is 4.55. The van der Waals surface area contributed by atoms with Gasteiger partial charge in [-0.1, -0.05) is 29.4 Å². The van der Waals surface area contributed by atoms with Gasteiger partial charge >= 0.3 is 5.97 Å². The first kappa shape index (κ1) is 16.2. The van der Waals surface area contributed by atoms with E-state index in [9.17, 15) is 9.59 Å². The summed E-state index contributed by atoms with van der Waals surface area (Å²) < 4.78 is 11.4. The summed E-state index contributed by atoms with van der Waals surface area (Å²) in [5, 5.41) is 10.6. The second kappa shape index (κ2) is 6.52. The van der Waals surface area contributed by atoms with E-state index in [1.165, 1.54) is 18.4 Å². The zero-order chi connectivity index (χ0) is 18.1. The molecule has 0 radical (unpaired) electrons. The topological polar surface area (TPSA) is 100 Å². The largest absolute Gasteiger partial charge is 0.451 e. The van der Waals surface area contributed by atoms with Gasteiger partial charge in [-0.25, -0.2) is 9.48 Å². The lowest BCUT2D eigenvalue weighted by Gasteiger charge is -2.07. The van der Waals surface area contributed by atoms with Crippen LogP contribution < -0.4 is 5.56 Å². The Kier molecular flexibility index (Phi) is 4.05. The predicted octanol–water partition coefficient (Wildman–Crippen LogP) is 2.40. The number of fused-ring (bicyclic) bond motifs is 1. The fourth-order valence-electron chi connectivity index (χ4n) is 2.47. The van der Waals surface area contributed by atoms with Gasteiger partial charge in [0.25, 0.3) is 11.4 Å². The zero-order valence-corrected chi connectivity index (χ0v) is 14.4. The standard InChI is InChI=1S/C17H12N4O4S/c1-21-16(22)11-6-3-2-5-10(11)14(19-21)17(23)24-9-13-18-15(20-25-13)12-7-4-8-26-12/h2-8H,9H2,1H3. The lowest BCUT2D eigenvalue weighted by atomic mass is 10.1. The van der Waals surface area contributed by atoms with Crippen LogP contribution in [0.3, 0.4) is 0 Å². The van der Waals surface area contributed by atoms with Crippen LogP contribution in [-0.4, -0.2) is 25.9 Å². The fourth-order valence-corrected chi connectivity index (χ4v) is 3.11. The van der Waals surface area contributed by atoms with E-state index in [2.05, 4.69) is 15.2 Å². The van der Waals surface area contributed by atoms with E-state index in [1.54, 1.807) is 24.3 Å². The molecule has 0 fully saturated rings. The van der Waals surface area contributed by atoms with Crippen LogP contribution >= 0.6 is 11.3 Å². The number of hydrogen-bond donors (Lipinski definition) is 0. The lowest BCUT2D eigenvalue weighted by Crippen LogP contribution is -2.23. The Balaban J connectivity index is 1.57. The maximum Gasteiger partial charge on any atom is 0.359 e. The minimum absolute atomic E-state index is 0.0562. The summed E-state index contributed by atoms with van der Waals surface area (Å²) in [4.78, 5) is 29.6. The van der Waals surface area contributed by atoms with Gasteiger partial charge in [-0.05, 0) is 17.5 Å². The summed E-state index contributed by atoms with van der Waals surface area (Å²) in [6, 6.07) is 10.5. The Morgan fingerprint density at radius 1 is 1.23 bits per heavy atom. The minimum Gasteiger partial charge on any atom is -0.451 e. The smallest absolute Gasteiger partial charge is 0.359 e. The molecular formula is C17H12N4O4S. The molecule has 0 atom stereocenters. The summed E-state index contributed by atoms with van der Waals surface area (Å²) in [5.41, 5.74) is -0.227. The van der Waals surface area contributed by atoms with E-state index in [1.807, 2.05) is 17.5 Å². The van der Waals surface area contributed by atoms with Crippen molar-refractivity contribution in [2.45, 2.75) is 6.61 Å². The quantitative estimate of drug-likeness (QED) is 0.510. The van der Waals surface area contributed by atoms with Crippen LogP contribution in [0.5, 0.6) is 0 Å². The number of aryl methyl sites for hydroxylation is 1. The van der Waals surface area contributed by atoms with E-state index in [-0.39, 0.29) is 23.8 Å². The SMILES string of the molecule is Cn1nc(C(=O)OCc2nc(-c3cccs3)no2)c2ccccc2c1=O. The number of thiophene rings is 1. The van der Waals surface area contributed by atoms with Gasteiger partial charge in [-0.15, -0.1) is 11.3 Å². The highest BCUT2D eigenvalue weighted by Gasteiger charge is 2.18. The average Bonchev–Trinajstić information content (AvgIpc) is 3.34. The fraction of sp³-hybridized carbons (Fsp3) is 0.118. The zero-order valence-electron chi connectivity index (χ0n) is 13.6. The Labute approximate surface area is 150 Å². The third-order valence-electron chi connectivity index (χ3n) is 3.69. The molecule has 3 aromatic heterocycles. The van der Waals surface area contributed by atoms with Crippen molar-refractivity contribution in [1.29, 1.82) is 0 Å². The minimum atomic E-state index is -0.673. The van der Waals surface area contributed by atoms with E-state index >= 15 is 0 Å². The first-order valence-corrected chi connectivity index (χ1v) is 8.51. The van der Waals surface area contributed by atoms with Gasteiger partial charge in [0, 0.05) is 12.4 Å². The summed E-state index contributed by atoms with van der Waals surface area (Å²) in [5.74, 6) is -0.0553. The van der Waals surface area contributed by atoms with Gasteiger partial charge in [0.1, 0.15) is 0 Å². The molecule has 0 aliphatic rings. The maximum absolute atomic E-state index is 12.4. The number of esters is 1. The average molecular weight is 368 g/mol. The highest BCUT2D eigenvalue weighted by molar-refractivity contribution is 7.13.